The average molecular weight is 273 g/mol. The highest BCUT2D eigenvalue weighted by atomic mass is 35.5. The van der Waals surface area contributed by atoms with E-state index in [-0.39, 0.29) is 0 Å². The lowest BCUT2D eigenvalue weighted by molar-refractivity contribution is 0.449. The van der Waals surface area contributed by atoms with E-state index in [9.17, 15) is 0 Å². The van der Waals surface area contributed by atoms with Crippen LogP contribution in [0.3, 0.4) is 0 Å². The van der Waals surface area contributed by atoms with Crippen LogP contribution in [0.15, 0.2) is 12.1 Å². The van der Waals surface area contributed by atoms with Crippen LogP contribution in [-0.4, -0.2) is 26.2 Å². The van der Waals surface area contributed by atoms with Crippen molar-refractivity contribution in [1.82, 2.24) is 5.32 Å². The van der Waals surface area contributed by atoms with E-state index in [0.717, 1.165) is 34.4 Å². The number of halogens is 2. The number of nitrogens with zero attached hydrogens (tertiary/aromatic N) is 1. The Labute approximate surface area is 113 Å². The fourth-order valence-electron chi connectivity index (χ4n) is 2.31. The first-order valence-corrected chi connectivity index (χ1v) is 6.75. The SMILES string of the molecule is CNC1CCCN(c2cc(Cl)c(C)cc2Cl)C1. The zero-order chi connectivity index (χ0) is 12.4. The van der Waals surface area contributed by atoms with E-state index in [1.54, 1.807) is 0 Å². The predicted molar refractivity (Wildman–Crippen MR) is 75.5 cm³/mol. The summed E-state index contributed by atoms with van der Waals surface area (Å²) in [6.45, 7) is 4.03. The summed E-state index contributed by atoms with van der Waals surface area (Å²) in [6.07, 6.45) is 2.41. The summed E-state index contributed by atoms with van der Waals surface area (Å²) in [4.78, 5) is 2.32. The Morgan fingerprint density at radius 1 is 1.29 bits per heavy atom. The van der Waals surface area contributed by atoms with Crippen molar-refractivity contribution in [2.75, 3.05) is 25.0 Å². The number of nitrogens with one attached hydrogen (secondary N) is 1. The van der Waals surface area contributed by atoms with Crippen molar-refractivity contribution in [3.8, 4) is 0 Å². The van der Waals surface area contributed by atoms with Gasteiger partial charge in [-0.2, -0.15) is 0 Å². The van der Waals surface area contributed by atoms with Crippen LogP contribution in [0.25, 0.3) is 0 Å². The molecule has 2 rings (SSSR count). The highest BCUT2D eigenvalue weighted by molar-refractivity contribution is 6.35. The molecule has 1 N–H and O–H groups in total. The number of anilines is 1. The number of rotatable bonds is 2. The van der Waals surface area contributed by atoms with E-state index in [2.05, 4.69) is 10.2 Å². The molecule has 1 unspecified atom stereocenters. The van der Waals surface area contributed by atoms with Gasteiger partial charge in [-0.15, -0.1) is 0 Å². The molecule has 0 saturated carbocycles. The van der Waals surface area contributed by atoms with Crippen LogP contribution in [-0.2, 0) is 0 Å². The molecule has 17 heavy (non-hydrogen) atoms. The molecule has 0 aliphatic carbocycles. The van der Waals surface area contributed by atoms with Crippen molar-refractivity contribution < 1.29 is 0 Å². The summed E-state index contributed by atoms with van der Waals surface area (Å²) >= 11 is 12.5. The second-order valence-electron chi connectivity index (χ2n) is 4.63. The van der Waals surface area contributed by atoms with Gasteiger partial charge < -0.3 is 10.2 Å². The molecule has 1 saturated heterocycles. The number of likely N-dealkylation sites (N-methyl/N-ethyl adjacent to an activating group) is 1. The van der Waals surface area contributed by atoms with Crippen LogP contribution < -0.4 is 10.2 Å². The van der Waals surface area contributed by atoms with Crippen LogP contribution in [0.4, 0.5) is 5.69 Å². The van der Waals surface area contributed by atoms with Gasteiger partial charge in [0.25, 0.3) is 0 Å². The van der Waals surface area contributed by atoms with Crippen molar-refractivity contribution in [2.45, 2.75) is 25.8 Å². The second-order valence-corrected chi connectivity index (χ2v) is 5.44. The van der Waals surface area contributed by atoms with Crippen LogP contribution in [0, 0.1) is 6.92 Å². The van der Waals surface area contributed by atoms with Gasteiger partial charge >= 0.3 is 0 Å². The lowest BCUT2D eigenvalue weighted by Crippen LogP contribution is -2.44. The van der Waals surface area contributed by atoms with Gasteiger partial charge in [-0.05, 0) is 44.5 Å². The fraction of sp³-hybridized carbons (Fsp3) is 0.538. The van der Waals surface area contributed by atoms with E-state index >= 15 is 0 Å². The molecule has 0 radical (unpaired) electrons. The van der Waals surface area contributed by atoms with Gasteiger partial charge in [0.1, 0.15) is 0 Å². The Hall–Kier alpha value is -0.440. The predicted octanol–water partition coefficient (Wildman–Crippen LogP) is 3.49. The minimum Gasteiger partial charge on any atom is -0.369 e. The number of aryl methyl sites for hydroxylation is 1. The summed E-state index contributed by atoms with van der Waals surface area (Å²) < 4.78 is 0. The van der Waals surface area contributed by atoms with E-state index in [0.29, 0.717) is 6.04 Å². The maximum atomic E-state index is 6.31. The number of benzene rings is 1. The fourth-order valence-corrected chi connectivity index (χ4v) is 2.81. The van der Waals surface area contributed by atoms with Gasteiger partial charge in [0.15, 0.2) is 0 Å². The van der Waals surface area contributed by atoms with Gasteiger partial charge in [-0.1, -0.05) is 23.2 Å². The Morgan fingerprint density at radius 3 is 2.76 bits per heavy atom. The van der Waals surface area contributed by atoms with Gasteiger partial charge in [-0.3, -0.25) is 0 Å². The van der Waals surface area contributed by atoms with E-state index in [4.69, 9.17) is 23.2 Å². The molecule has 0 spiro atoms. The molecule has 1 atom stereocenters. The Balaban J connectivity index is 2.24. The van der Waals surface area contributed by atoms with Crippen LogP contribution in [0.5, 0.6) is 0 Å². The number of piperidine rings is 1. The Morgan fingerprint density at radius 2 is 2.06 bits per heavy atom. The van der Waals surface area contributed by atoms with E-state index < -0.39 is 0 Å². The van der Waals surface area contributed by atoms with Gasteiger partial charge in [-0.25, -0.2) is 0 Å². The smallest absolute Gasteiger partial charge is 0.0643 e. The Bertz CT molecular complexity index is 407. The zero-order valence-corrected chi connectivity index (χ0v) is 11.8. The molecule has 94 valence electrons. The molecule has 1 aromatic carbocycles. The molecule has 0 amide bonds. The quantitative estimate of drug-likeness (QED) is 0.887. The van der Waals surface area contributed by atoms with Crippen molar-refractivity contribution in [3.05, 3.63) is 27.7 Å². The Kier molecular flexibility index (Phi) is 4.18. The molecule has 1 aliphatic rings. The number of hydrogen-bond acceptors (Lipinski definition) is 2. The average Bonchev–Trinajstić information content (AvgIpc) is 2.34. The monoisotopic (exact) mass is 272 g/mol. The van der Waals surface area contributed by atoms with Crippen molar-refractivity contribution in [1.29, 1.82) is 0 Å². The maximum Gasteiger partial charge on any atom is 0.0643 e. The lowest BCUT2D eigenvalue weighted by atomic mass is 10.0. The molecule has 1 heterocycles. The molecular formula is C13H18Cl2N2. The molecule has 1 aromatic rings. The third kappa shape index (κ3) is 2.87. The highest BCUT2D eigenvalue weighted by Crippen LogP contribution is 2.33. The summed E-state index contributed by atoms with van der Waals surface area (Å²) in [5, 5.41) is 4.91. The third-order valence-corrected chi connectivity index (χ3v) is 4.11. The molecule has 4 heteroatoms. The first-order chi connectivity index (χ1) is 8.11. The lowest BCUT2D eigenvalue weighted by Gasteiger charge is -2.35. The first kappa shape index (κ1) is 13.0. The zero-order valence-electron chi connectivity index (χ0n) is 10.3. The van der Waals surface area contributed by atoms with Crippen molar-refractivity contribution >= 4 is 28.9 Å². The summed E-state index contributed by atoms with van der Waals surface area (Å²) in [6, 6.07) is 4.47. The molecule has 2 nitrogen and oxygen atoms in total. The largest absolute Gasteiger partial charge is 0.369 e. The number of hydrogen-bond donors (Lipinski definition) is 1. The van der Waals surface area contributed by atoms with Crippen LogP contribution in [0.2, 0.25) is 10.0 Å². The van der Waals surface area contributed by atoms with Crippen LogP contribution in [0.1, 0.15) is 18.4 Å². The standard InChI is InChI=1S/C13H18Cl2N2/c1-9-6-12(15)13(7-11(9)14)17-5-3-4-10(8-17)16-2/h6-7,10,16H,3-5,8H2,1-2H3. The van der Waals surface area contributed by atoms with Gasteiger partial charge in [0.2, 0.25) is 0 Å². The summed E-state index contributed by atoms with van der Waals surface area (Å²) in [5.74, 6) is 0. The molecular weight excluding hydrogens is 255 g/mol. The topological polar surface area (TPSA) is 15.3 Å². The van der Waals surface area contributed by atoms with Gasteiger partial charge in [0.05, 0.1) is 10.7 Å². The van der Waals surface area contributed by atoms with Crippen molar-refractivity contribution in [2.24, 2.45) is 0 Å². The molecule has 1 fully saturated rings. The third-order valence-electron chi connectivity index (χ3n) is 3.40. The van der Waals surface area contributed by atoms with Gasteiger partial charge in [0, 0.05) is 24.2 Å². The molecule has 0 bridgehead atoms. The minimum absolute atomic E-state index is 0.542. The normalized spacial score (nSPS) is 20.7. The van der Waals surface area contributed by atoms with Crippen LogP contribution >= 0.6 is 23.2 Å². The first-order valence-electron chi connectivity index (χ1n) is 5.99. The maximum absolute atomic E-state index is 6.31. The highest BCUT2D eigenvalue weighted by Gasteiger charge is 2.20. The van der Waals surface area contributed by atoms with E-state index in [1.807, 2.05) is 26.1 Å². The summed E-state index contributed by atoms with van der Waals surface area (Å²) in [5.41, 5.74) is 2.09. The van der Waals surface area contributed by atoms with Crippen molar-refractivity contribution in [3.63, 3.8) is 0 Å². The molecule has 0 aromatic heterocycles. The summed E-state index contributed by atoms with van der Waals surface area (Å²) in [7, 11) is 2.01. The minimum atomic E-state index is 0.542. The van der Waals surface area contributed by atoms with E-state index in [1.165, 1.54) is 12.8 Å². The molecule has 1 aliphatic heterocycles. The second kappa shape index (κ2) is 5.47.